The van der Waals surface area contributed by atoms with Crippen molar-refractivity contribution < 1.29 is 0 Å². The molecule has 0 aliphatic heterocycles. The molecule has 0 saturated heterocycles. The van der Waals surface area contributed by atoms with Crippen molar-refractivity contribution in [3.63, 3.8) is 0 Å². The summed E-state index contributed by atoms with van der Waals surface area (Å²) >= 11 is 2.08. The first kappa shape index (κ1) is 12.0. The van der Waals surface area contributed by atoms with Gasteiger partial charge in [0.15, 0.2) is 0 Å². The molecule has 1 unspecified atom stereocenters. The number of hydrogen-bond acceptors (Lipinski definition) is 2. The standard InChI is InChI=1S/C14H21NS/c15-14(12-7-3-1-4-8-12)11-16-13-9-5-2-6-10-13/h1,3-4,7-8,13-14H,2,5-6,9-11,15H2. The van der Waals surface area contributed by atoms with Crippen LogP contribution in [0.4, 0.5) is 0 Å². The molecule has 0 bridgehead atoms. The summed E-state index contributed by atoms with van der Waals surface area (Å²) in [6.45, 7) is 0. The molecule has 0 amide bonds. The van der Waals surface area contributed by atoms with Crippen LogP contribution in [0.15, 0.2) is 30.3 Å². The first-order valence-corrected chi connectivity index (χ1v) is 7.33. The largest absolute Gasteiger partial charge is 0.323 e. The molecule has 16 heavy (non-hydrogen) atoms. The predicted octanol–water partition coefficient (Wildman–Crippen LogP) is 3.75. The average molecular weight is 235 g/mol. The minimum Gasteiger partial charge on any atom is -0.323 e. The van der Waals surface area contributed by atoms with Crippen LogP contribution in [0.2, 0.25) is 0 Å². The number of nitrogens with two attached hydrogens (primary N) is 1. The van der Waals surface area contributed by atoms with Crippen LogP contribution in [0, 0.1) is 0 Å². The molecular weight excluding hydrogens is 214 g/mol. The van der Waals surface area contributed by atoms with Crippen molar-refractivity contribution in [3.05, 3.63) is 35.9 Å². The van der Waals surface area contributed by atoms with Gasteiger partial charge in [-0.15, -0.1) is 0 Å². The van der Waals surface area contributed by atoms with Crippen LogP contribution < -0.4 is 5.73 Å². The molecule has 1 atom stereocenters. The summed E-state index contributed by atoms with van der Waals surface area (Å²) in [6, 6.07) is 10.7. The first-order valence-electron chi connectivity index (χ1n) is 6.28. The van der Waals surface area contributed by atoms with Crippen LogP contribution in [-0.4, -0.2) is 11.0 Å². The van der Waals surface area contributed by atoms with Crippen LogP contribution in [0.5, 0.6) is 0 Å². The van der Waals surface area contributed by atoms with Gasteiger partial charge in [0, 0.05) is 17.0 Å². The van der Waals surface area contributed by atoms with E-state index in [1.54, 1.807) is 0 Å². The quantitative estimate of drug-likeness (QED) is 0.860. The molecule has 0 aromatic heterocycles. The summed E-state index contributed by atoms with van der Waals surface area (Å²) < 4.78 is 0. The Labute approximate surface area is 103 Å². The van der Waals surface area contributed by atoms with Crippen molar-refractivity contribution >= 4 is 11.8 Å². The van der Waals surface area contributed by atoms with Gasteiger partial charge < -0.3 is 5.73 Å². The Kier molecular flexibility index (Phi) is 4.73. The second kappa shape index (κ2) is 6.31. The molecule has 1 aromatic rings. The van der Waals surface area contributed by atoms with Crippen molar-refractivity contribution in [1.29, 1.82) is 0 Å². The minimum atomic E-state index is 0.202. The number of thioether (sulfide) groups is 1. The highest BCUT2D eigenvalue weighted by atomic mass is 32.2. The smallest absolute Gasteiger partial charge is 0.0386 e. The lowest BCUT2D eigenvalue weighted by Crippen LogP contribution is -2.16. The Morgan fingerprint density at radius 3 is 2.50 bits per heavy atom. The third-order valence-corrected chi connectivity index (χ3v) is 4.79. The van der Waals surface area contributed by atoms with Gasteiger partial charge >= 0.3 is 0 Å². The topological polar surface area (TPSA) is 26.0 Å². The maximum Gasteiger partial charge on any atom is 0.0386 e. The Morgan fingerprint density at radius 1 is 1.12 bits per heavy atom. The first-order chi connectivity index (χ1) is 7.86. The van der Waals surface area contributed by atoms with Crippen LogP contribution in [0.25, 0.3) is 0 Å². The Balaban J connectivity index is 1.77. The predicted molar refractivity (Wildman–Crippen MR) is 72.7 cm³/mol. The number of benzene rings is 1. The summed E-state index contributed by atoms with van der Waals surface area (Å²) in [5.74, 6) is 1.06. The second-order valence-electron chi connectivity index (χ2n) is 4.61. The zero-order valence-corrected chi connectivity index (χ0v) is 10.6. The molecule has 2 heteroatoms. The van der Waals surface area contributed by atoms with Crippen molar-refractivity contribution in [1.82, 2.24) is 0 Å². The van der Waals surface area contributed by atoms with Gasteiger partial charge in [-0.2, -0.15) is 11.8 Å². The maximum absolute atomic E-state index is 6.19. The summed E-state index contributed by atoms with van der Waals surface area (Å²) in [7, 11) is 0. The van der Waals surface area contributed by atoms with Gasteiger partial charge in [-0.05, 0) is 18.4 Å². The molecule has 2 rings (SSSR count). The number of hydrogen-bond donors (Lipinski definition) is 1. The molecule has 1 aromatic carbocycles. The van der Waals surface area contributed by atoms with Gasteiger partial charge in [0.05, 0.1) is 0 Å². The molecule has 1 aliphatic carbocycles. The minimum absolute atomic E-state index is 0.202. The normalized spacial score (nSPS) is 19.6. The van der Waals surface area contributed by atoms with E-state index in [2.05, 4.69) is 36.0 Å². The fraction of sp³-hybridized carbons (Fsp3) is 0.571. The van der Waals surface area contributed by atoms with E-state index in [1.165, 1.54) is 37.7 Å². The van der Waals surface area contributed by atoms with E-state index < -0.39 is 0 Å². The number of rotatable bonds is 4. The molecule has 1 saturated carbocycles. The van der Waals surface area contributed by atoms with Crippen molar-refractivity contribution in [3.8, 4) is 0 Å². The third kappa shape index (κ3) is 3.53. The van der Waals surface area contributed by atoms with E-state index in [0.29, 0.717) is 0 Å². The SMILES string of the molecule is NC(CSC1CCCCC1)c1ccccc1. The fourth-order valence-electron chi connectivity index (χ4n) is 2.27. The molecular formula is C14H21NS. The van der Waals surface area contributed by atoms with Gasteiger partial charge in [0.1, 0.15) is 0 Å². The van der Waals surface area contributed by atoms with E-state index in [4.69, 9.17) is 5.73 Å². The lowest BCUT2D eigenvalue weighted by molar-refractivity contribution is 0.515. The van der Waals surface area contributed by atoms with Crippen molar-refractivity contribution in [2.24, 2.45) is 5.73 Å². The van der Waals surface area contributed by atoms with Crippen LogP contribution in [0.3, 0.4) is 0 Å². The van der Waals surface area contributed by atoms with E-state index in [0.717, 1.165) is 11.0 Å². The Bertz CT molecular complexity index is 293. The highest BCUT2D eigenvalue weighted by Gasteiger charge is 2.15. The second-order valence-corrected chi connectivity index (χ2v) is 5.94. The van der Waals surface area contributed by atoms with Gasteiger partial charge in [0.2, 0.25) is 0 Å². The molecule has 1 nitrogen and oxygen atoms in total. The van der Waals surface area contributed by atoms with Crippen molar-refractivity contribution in [2.45, 2.75) is 43.4 Å². The Morgan fingerprint density at radius 2 is 1.81 bits per heavy atom. The molecule has 88 valence electrons. The van der Waals surface area contributed by atoms with Crippen LogP contribution in [-0.2, 0) is 0 Å². The molecule has 0 radical (unpaired) electrons. The third-order valence-electron chi connectivity index (χ3n) is 3.29. The van der Waals surface area contributed by atoms with Crippen LogP contribution >= 0.6 is 11.8 Å². The highest BCUT2D eigenvalue weighted by Crippen LogP contribution is 2.30. The molecule has 0 spiro atoms. The summed E-state index contributed by atoms with van der Waals surface area (Å²) in [6.07, 6.45) is 7.05. The lowest BCUT2D eigenvalue weighted by Gasteiger charge is -2.22. The molecule has 1 fully saturated rings. The van der Waals surface area contributed by atoms with Crippen molar-refractivity contribution in [2.75, 3.05) is 5.75 Å². The van der Waals surface area contributed by atoms with E-state index in [9.17, 15) is 0 Å². The van der Waals surface area contributed by atoms with E-state index >= 15 is 0 Å². The molecule has 0 heterocycles. The maximum atomic E-state index is 6.19. The van der Waals surface area contributed by atoms with E-state index in [1.807, 2.05) is 6.07 Å². The van der Waals surface area contributed by atoms with Gasteiger partial charge in [-0.25, -0.2) is 0 Å². The summed E-state index contributed by atoms with van der Waals surface area (Å²) in [5, 5.41) is 0.864. The van der Waals surface area contributed by atoms with Crippen LogP contribution in [0.1, 0.15) is 43.7 Å². The fourth-order valence-corrected chi connectivity index (χ4v) is 3.61. The lowest BCUT2D eigenvalue weighted by atomic mass is 10.0. The zero-order valence-electron chi connectivity index (χ0n) is 9.77. The monoisotopic (exact) mass is 235 g/mol. The zero-order chi connectivity index (χ0) is 11.2. The average Bonchev–Trinajstić information content (AvgIpc) is 2.38. The molecule has 2 N–H and O–H groups in total. The summed E-state index contributed by atoms with van der Waals surface area (Å²) in [4.78, 5) is 0. The highest BCUT2D eigenvalue weighted by molar-refractivity contribution is 7.99. The Hall–Kier alpha value is -0.470. The van der Waals surface area contributed by atoms with Gasteiger partial charge in [-0.1, -0.05) is 49.6 Å². The van der Waals surface area contributed by atoms with Gasteiger partial charge in [-0.3, -0.25) is 0 Å². The van der Waals surface area contributed by atoms with E-state index in [-0.39, 0.29) is 6.04 Å². The molecule has 1 aliphatic rings. The van der Waals surface area contributed by atoms with Gasteiger partial charge in [0.25, 0.3) is 0 Å². The summed E-state index contributed by atoms with van der Waals surface area (Å²) in [5.41, 5.74) is 7.46.